The number of carbonyl (C=O) groups is 1. The van der Waals surface area contributed by atoms with E-state index in [0.29, 0.717) is 51.5 Å². The lowest BCUT2D eigenvalue weighted by atomic mass is 10.1. The fraction of sp³-hybridized carbons (Fsp3) is 0.458. The first-order valence-corrected chi connectivity index (χ1v) is 12.7. The average molecular weight is 473 g/mol. The Morgan fingerprint density at radius 1 is 0.970 bits per heavy atom. The maximum Gasteiger partial charge on any atom is 0.253 e. The molecule has 0 aliphatic carbocycles. The van der Waals surface area contributed by atoms with Crippen LogP contribution >= 0.6 is 0 Å². The van der Waals surface area contributed by atoms with Crippen molar-refractivity contribution in [2.75, 3.05) is 71.5 Å². The van der Waals surface area contributed by atoms with E-state index in [2.05, 4.69) is 15.9 Å². The third-order valence-corrected chi connectivity index (χ3v) is 8.17. The number of likely N-dealkylation sites (N-methyl/N-ethyl adjacent to an activating group) is 1. The summed E-state index contributed by atoms with van der Waals surface area (Å²) in [6, 6.07) is 14.5. The van der Waals surface area contributed by atoms with Crippen LogP contribution in [-0.2, 0) is 21.3 Å². The van der Waals surface area contributed by atoms with Crippen LogP contribution in [0.1, 0.15) is 15.9 Å². The molecule has 2 aliphatic rings. The highest BCUT2D eigenvalue weighted by molar-refractivity contribution is 7.89. The van der Waals surface area contributed by atoms with Crippen molar-refractivity contribution in [1.29, 1.82) is 0 Å². The summed E-state index contributed by atoms with van der Waals surface area (Å²) in [7, 11) is 0.103. The van der Waals surface area contributed by atoms with Crippen LogP contribution in [-0.4, -0.2) is 95.0 Å². The van der Waals surface area contributed by atoms with Crippen LogP contribution in [0.2, 0.25) is 0 Å². The van der Waals surface area contributed by atoms with Gasteiger partial charge in [0.2, 0.25) is 10.0 Å². The molecule has 4 rings (SSSR count). The summed E-state index contributed by atoms with van der Waals surface area (Å²) in [6.45, 7) is 5.76. The van der Waals surface area contributed by atoms with Gasteiger partial charge < -0.3 is 19.4 Å². The van der Waals surface area contributed by atoms with Gasteiger partial charge in [0, 0.05) is 64.1 Å². The van der Waals surface area contributed by atoms with Crippen molar-refractivity contribution in [3.63, 3.8) is 0 Å². The predicted octanol–water partition coefficient (Wildman–Crippen LogP) is 1.73. The molecule has 2 saturated heterocycles. The molecule has 0 spiro atoms. The van der Waals surface area contributed by atoms with Gasteiger partial charge in [-0.1, -0.05) is 24.3 Å². The van der Waals surface area contributed by atoms with Crippen LogP contribution in [0.4, 0.5) is 5.69 Å². The Morgan fingerprint density at radius 2 is 1.67 bits per heavy atom. The number of ether oxygens (including phenoxy) is 1. The van der Waals surface area contributed by atoms with E-state index in [0.717, 1.165) is 24.3 Å². The Hall–Kier alpha value is -2.46. The topological polar surface area (TPSA) is 73.4 Å². The molecule has 178 valence electrons. The van der Waals surface area contributed by atoms with Crippen molar-refractivity contribution in [2.24, 2.45) is 0 Å². The van der Waals surface area contributed by atoms with Crippen LogP contribution in [0.15, 0.2) is 53.4 Å². The molecule has 2 heterocycles. The van der Waals surface area contributed by atoms with Crippen LogP contribution in [0.25, 0.3) is 0 Å². The average Bonchev–Trinajstić information content (AvgIpc) is 2.85. The first kappa shape index (κ1) is 23.7. The molecule has 9 heteroatoms. The lowest BCUT2D eigenvalue weighted by Crippen LogP contribution is -2.47. The van der Waals surface area contributed by atoms with E-state index >= 15 is 0 Å². The number of sulfonamides is 1. The molecular weight excluding hydrogens is 440 g/mol. The van der Waals surface area contributed by atoms with Crippen LogP contribution in [0, 0.1) is 0 Å². The number of piperazine rings is 1. The van der Waals surface area contributed by atoms with Gasteiger partial charge >= 0.3 is 0 Å². The van der Waals surface area contributed by atoms with Gasteiger partial charge in [0.15, 0.2) is 0 Å². The first-order valence-electron chi connectivity index (χ1n) is 11.3. The summed E-state index contributed by atoms with van der Waals surface area (Å²) in [5.74, 6) is -0.206. The number of carbonyl (C=O) groups excluding carboxylic acids is 1. The molecule has 2 aromatic rings. The zero-order chi connectivity index (χ0) is 23.4. The van der Waals surface area contributed by atoms with Gasteiger partial charge in [-0.25, -0.2) is 8.42 Å². The Kier molecular flexibility index (Phi) is 7.33. The zero-order valence-electron chi connectivity index (χ0n) is 19.3. The summed E-state index contributed by atoms with van der Waals surface area (Å²) in [4.78, 5) is 19.4. The van der Waals surface area contributed by atoms with E-state index in [-0.39, 0.29) is 10.8 Å². The van der Waals surface area contributed by atoms with Gasteiger partial charge in [-0.05, 0) is 36.9 Å². The fourth-order valence-corrected chi connectivity index (χ4v) is 5.74. The van der Waals surface area contributed by atoms with Crippen LogP contribution in [0.5, 0.6) is 0 Å². The first-order chi connectivity index (χ1) is 15.9. The lowest BCUT2D eigenvalue weighted by molar-refractivity contribution is 0.0784. The Morgan fingerprint density at radius 3 is 2.39 bits per heavy atom. The van der Waals surface area contributed by atoms with Crippen molar-refractivity contribution >= 4 is 21.6 Å². The van der Waals surface area contributed by atoms with Crippen LogP contribution in [0.3, 0.4) is 0 Å². The molecule has 0 N–H and O–H groups in total. The fourth-order valence-electron chi connectivity index (χ4n) is 4.27. The van der Waals surface area contributed by atoms with E-state index in [1.54, 1.807) is 30.1 Å². The van der Waals surface area contributed by atoms with Gasteiger partial charge in [-0.2, -0.15) is 4.31 Å². The molecule has 0 atom stereocenters. The number of rotatable bonds is 6. The summed E-state index contributed by atoms with van der Waals surface area (Å²) in [5, 5.41) is 0. The molecule has 33 heavy (non-hydrogen) atoms. The molecule has 8 nitrogen and oxygen atoms in total. The summed E-state index contributed by atoms with van der Waals surface area (Å²) in [5.41, 5.74) is 2.53. The van der Waals surface area contributed by atoms with Gasteiger partial charge in [-0.15, -0.1) is 0 Å². The molecule has 0 aromatic heterocycles. The van der Waals surface area contributed by atoms with E-state index in [4.69, 9.17) is 4.74 Å². The highest BCUT2D eigenvalue weighted by atomic mass is 32.2. The number of hydrogen-bond donors (Lipinski definition) is 0. The molecule has 2 fully saturated rings. The number of benzene rings is 2. The Bertz CT molecular complexity index is 1080. The second-order valence-electron chi connectivity index (χ2n) is 8.62. The molecule has 0 saturated carbocycles. The maximum atomic E-state index is 13.2. The number of nitrogens with zero attached hydrogens (tertiary/aromatic N) is 4. The second-order valence-corrected chi connectivity index (χ2v) is 10.6. The number of amides is 1. The standard InChI is InChI=1S/C24H32N4O4S/c1-25-10-12-28(13-11-25)33(30,31)22-8-5-7-20(18-22)24(29)26(2)19-21-6-3-4-9-23(21)27-14-16-32-17-15-27/h3-9,18H,10-17,19H2,1-2H3. The quantitative estimate of drug-likeness (QED) is 0.638. The largest absolute Gasteiger partial charge is 0.378 e. The molecular formula is C24H32N4O4S. The SMILES string of the molecule is CN1CCN(S(=O)(=O)c2cccc(C(=O)N(C)Cc3ccccc3N3CCOCC3)c2)CC1. The smallest absolute Gasteiger partial charge is 0.253 e. The minimum Gasteiger partial charge on any atom is -0.378 e. The predicted molar refractivity (Wildman–Crippen MR) is 128 cm³/mol. The zero-order valence-corrected chi connectivity index (χ0v) is 20.1. The Labute approximate surface area is 196 Å². The Balaban J connectivity index is 1.50. The molecule has 0 unspecified atom stereocenters. The number of para-hydroxylation sites is 1. The lowest BCUT2D eigenvalue weighted by Gasteiger charge is -2.32. The third kappa shape index (κ3) is 5.38. The molecule has 1 amide bonds. The molecule has 0 radical (unpaired) electrons. The van der Waals surface area contributed by atoms with Gasteiger partial charge in [0.1, 0.15) is 0 Å². The van der Waals surface area contributed by atoms with Crippen LogP contribution < -0.4 is 4.90 Å². The molecule has 0 bridgehead atoms. The number of morpholine rings is 1. The van der Waals surface area contributed by atoms with E-state index in [9.17, 15) is 13.2 Å². The monoisotopic (exact) mass is 472 g/mol. The van der Waals surface area contributed by atoms with Crippen molar-refractivity contribution in [1.82, 2.24) is 14.1 Å². The molecule has 2 aromatic carbocycles. The van der Waals surface area contributed by atoms with Crippen molar-refractivity contribution < 1.29 is 17.9 Å². The van der Waals surface area contributed by atoms with Gasteiger partial charge in [0.05, 0.1) is 18.1 Å². The van der Waals surface area contributed by atoms with Gasteiger partial charge in [0.25, 0.3) is 5.91 Å². The van der Waals surface area contributed by atoms with Gasteiger partial charge in [-0.3, -0.25) is 4.79 Å². The second kappa shape index (κ2) is 10.2. The summed E-state index contributed by atoms with van der Waals surface area (Å²) >= 11 is 0. The van der Waals surface area contributed by atoms with E-state index in [1.165, 1.54) is 10.4 Å². The highest BCUT2D eigenvalue weighted by Crippen LogP contribution is 2.24. The summed E-state index contributed by atoms with van der Waals surface area (Å²) < 4.78 is 33.2. The normalized spacial score (nSPS) is 18.3. The number of hydrogen-bond acceptors (Lipinski definition) is 6. The summed E-state index contributed by atoms with van der Waals surface area (Å²) in [6.07, 6.45) is 0. The van der Waals surface area contributed by atoms with Crippen molar-refractivity contribution in [3.05, 3.63) is 59.7 Å². The maximum absolute atomic E-state index is 13.2. The molecule has 2 aliphatic heterocycles. The minimum atomic E-state index is -3.63. The van der Waals surface area contributed by atoms with Crippen molar-refractivity contribution in [3.8, 4) is 0 Å². The van der Waals surface area contributed by atoms with E-state index in [1.807, 2.05) is 25.2 Å². The third-order valence-electron chi connectivity index (χ3n) is 6.28. The van der Waals surface area contributed by atoms with Crippen molar-refractivity contribution in [2.45, 2.75) is 11.4 Å². The highest BCUT2D eigenvalue weighted by Gasteiger charge is 2.28. The minimum absolute atomic E-state index is 0.167. The number of anilines is 1. The van der Waals surface area contributed by atoms with E-state index < -0.39 is 10.0 Å².